The molecule has 1 saturated heterocycles. The van der Waals surface area contributed by atoms with Crippen LogP contribution in [0.3, 0.4) is 0 Å². The van der Waals surface area contributed by atoms with Crippen LogP contribution in [0.15, 0.2) is 47.4 Å². The molecule has 12 nitrogen and oxygen atoms in total. The summed E-state index contributed by atoms with van der Waals surface area (Å²) in [4.78, 5) is 63.0. The molecule has 13 heteroatoms. The second-order valence-corrected chi connectivity index (χ2v) is 9.10. The number of amides is 3. The van der Waals surface area contributed by atoms with Gasteiger partial charge in [-0.1, -0.05) is 6.07 Å². The van der Waals surface area contributed by atoms with Crippen molar-refractivity contribution >= 4 is 57.9 Å². The minimum atomic E-state index is -0.691. The highest BCUT2D eigenvalue weighted by Gasteiger charge is 2.36. The number of ether oxygens (including phenoxy) is 2. The summed E-state index contributed by atoms with van der Waals surface area (Å²) in [5.74, 6) is -1.60. The third-order valence-corrected chi connectivity index (χ3v) is 6.49. The number of esters is 1. The molecule has 0 aliphatic carbocycles. The molecule has 39 heavy (non-hydrogen) atoms. The van der Waals surface area contributed by atoms with Gasteiger partial charge in [-0.2, -0.15) is 0 Å². The molecule has 1 fully saturated rings. The Morgan fingerprint density at radius 3 is 2.54 bits per heavy atom. The number of nitrogens with zero attached hydrogens (tertiary/aromatic N) is 3. The molecule has 0 unspecified atom stereocenters. The van der Waals surface area contributed by atoms with Crippen molar-refractivity contribution in [2.24, 2.45) is 0 Å². The highest BCUT2D eigenvalue weighted by molar-refractivity contribution is 8.18. The van der Waals surface area contributed by atoms with Crippen LogP contribution in [0.25, 0.3) is 6.08 Å². The topological polar surface area (TPSA) is 148 Å². The fourth-order valence-electron chi connectivity index (χ4n) is 3.70. The van der Waals surface area contributed by atoms with E-state index in [1.54, 1.807) is 19.1 Å². The van der Waals surface area contributed by atoms with Crippen LogP contribution in [0.5, 0.6) is 5.75 Å². The van der Waals surface area contributed by atoms with Crippen LogP contribution in [-0.2, 0) is 19.1 Å². The van der Waals surface area contributed by atoms with Gasteiger partial charge in [0.15, 0.2) is 6.61 Å². The van der Waals surface area contributed by atoms with Gasteiger partial charge in [-0.15, -0.1) is 0 Å². The summed E-state index contributed by atoms with van der Waals surface area (Å²) < 4.78 is 10.6. The zero-order valence-electron chi connectivity index (χ0n) is 21.7. The molecule has 3 amide bonds. The first-order chi connectivity index (χ1) is 18.7. The number of nitro groups is 1. The molecule has 1 N–H and O–H groups in total. The third-order valence-electron chi connectivity index (χ3n) is 5.58. The SMILES string of the molecule is CCOC(=O)CN1C(=O)S/C(=C\c2ccc(N(CC)CC)cc2OCC(=O)Nc2cccc([N+](=O)[O-])c2)C1=O. The molecule has 0 bridgehead atoms. The highest BCUT2D eigenvalue weighted by atomic mass is 32.2. The van der Waals surface area contributed by atoms with Gasteiger partial charge in [0.2, 0.25) is 0 Å². The van der Waals surface area contributed by atoms with Gasteiger partial charge < -0.3 is 19.7 Å². The van der Waals surface area contributed by atoms with Crippen LogP contribution >= 0.6 is 11.8 Å². The number of hydrogen-bond donors (Lipinski definition) is 1. The first-order valence-corrected chi connectivity index (χ1v) is 13.0. The summed E-state index contributed by atoms with van der Waals surface area (Å²) in [7, 11) is 0. The van der Waals surface area contributed by atoms with Crippen molar-refractivity contribution in [2.45, 2.75) is 20.8 Å². The zero-order chi connectivity index (χ0) is 28.5. The average molecular weight is 557 g/mol. The predicted octanol–water partition coefficient (Wildman–Crippen LogP) is 4.06. The van der Waals surface area contributed by atoms with Gasteiger partial charge in [0.1, 0.15) is 12.3 Å². The fraction of sp³-hybridized carbons (Fsp3) is 0.308. The van der Waals surface area contributed by atoms with Gasteiger partial charge >= 0.3 is 5.97 Å². The number of nitrogens with one attached hydrogen (secondary N) is 1. The van der Waals surface area contributed by atoms with Crippen LogP contribution in [-0.4, -0.2) is 65.7 Å². The van der Waals surface area contributed by atoms with E-state index in [9.17, 15) is 29.3 Å². The molecule has 0 radical (unpaired) electrons. The van der Waals surface area contributed by atoms with Crippen molar-refractivity contribution in [2.75, 3.05) is 43.1 Å². The highest BCUT2D eigenvalue weighted by Crippen LogP contribution is 2.35. The standard InChI is InChI=1S/C26H28N4O8S/c1-4-28(5-2)19-11-10-17(12-22-25(33)29(26(34)39-22)15-24(32)37-6-3)21(14-19)38-16-23(31)27-18-8-7-9-20(13-18)30(35)36/h7-14H,4-6,15-16H2,1-3H3,(H,27,31)/b22-12-. The van der Waals surface area contributed by atoms with Crippen molar-refractivity contribution < 1.29 is 33.6 Å². The van der Waals surface area contributed by atoms with Gasteiger partial charge in [0.05, 0.1) is 16.4 Å². The van der Waals surface area contributed by atoms with Crippen LogP contribution in [0, 0.1) is 10.1 Å². The lowest BCUT2D eigenvalue weighted by molar-refractivity contribution is -0.384. The summed E-state index contributed by atoms with van der Waals surface area (Å²) in [6, 6.07) is 10.8. The van der Waals surface area contributed by atoms with Gasteiger partial charge in [-0.3, -0.25) is 34.2 Å². The summed E-state index contributed by atoms with van der Waals surface area (Å²) in [5.41, 5.74) is 1.34. The van der Waals surface area contributed by atoms with Crippen molar-refractivity contribution in [3.63, 3.8) is 0 Å². The Bertz CT molecular complexity index is 1310. The molecule has 1 aliphatic heterocycles. The molecule has 0 aromatic heterocycles. The molecular formula is C26H28N4O8S. The Morgan fingerprint density at radius 1 is 1.13 bits per heavy atom. The first kappa shape index (κ1) is 29.2. The van der Waals surface area contributed by atoms with Crippen molar-refractivity contribution in [3.8, 4) is 5.75 Å². The van der Waals surface area contributed by atoms with Crippen LogP contribution < -0.4 is 15.0 Å². The smallest absolute Gasteiger partial charge is 0.326 e. The number of hydrogen-bond acceptors (Lipinski definition) is 10. The summed E-state index contributed by atoms with van der Waals surface area (Å²) >= 11 is 0.685. The minimum absolute atomic E-state index is 0.0887. The van der Waals surface area contributed by atoms with E-state index in [4.69, 9.17) is 9.47 Å². The maximum Gasteiger partial charge on any atom is 0.326 e. The molecule has 1 heterocycles. The van der Waals surface area contributed by atoms with E-state index in [0.29, 0.717) is 17.3 Å². The minimum Gasteiger partial charge on any atom is -0.483 e. The lowest BCUT2D eigenvalue weighted by Crippen LogP contribution is -2.34. The number of anilines is 2. The maximum atomic E-state index is 12.8. The third kappa shape index (κ3) is 7.57. The molecule has 0 saturated carbocycles. The number of benzene rings is 2. The van der Waals surface area contributed by atoms with Gasteiger partial charge in [0.25, 0.3) is 22.7 Å². The van der Waals surface area contributed by atoms with Gasteiger partial charge in [0, 0.05) is 48.2 Å². The molecule has 206 valence electrons. The van der Waals surface area contributed by atoms with E-state index < -0.39 is 41.1 Å². The number of nitro benzene ring substituents is 1. The number of imide groups is 1. The monoisotopic (exact) mass is 556 g/mol. The number of carbonyl (C=O) groups is 4. The Kier molecular flexibility index (Phi) is 10.0. The maximum absolute atomic E-state index is 12.8. The zero-order valence-corrected chi connectivity index (χ0v) is 22.5. The van der Waals surface area contributed by atoms with E-state index in [-0.39, 0.29) is 28.6 Å². The molecule has 2 aromatic carbocycles. The Morgan fingerprint density at radius 2 is 1.87 bits per heavy atom. The van der Waals surface area contributed by atoms with E-state index in [0.717, 1.165) is 23.7 Å². The van der Waals surface area contributed by atoms with E-state index in [1.807, 2.05) is 19.9 Å². The Hall–Kier alpha value is -4.39. The van der Waals surface area contributed by atoms with Crippen LogP contribution in [0.4, 0.5) is 21.9 Å². The summed E-state index contributed by atoms with van der Waals surface area (Å²) in [6.07, 6.45) is 1.47. The number of carbonyl (C=O) groups excluding carboxylic acids is 4. The molecule has 3 rings (SSSR count). The largest absolute Gasteiger partial charge is 0.483 e. The molecular weight excluding hydrogens is 528 g/mol. The number of non-ortho nitro benzene ring substituents is 1. The molecule has 0 spiro atoms. The van der Waals surface area contributed by atoms with Crippen molar-refractivity contribution in [1.82, 2.24) is 4.90 Å². The number of thioether (sulfide) groups is 1. The Labute approximate surface area is 229 Å². The van der Waals surface area contributed by atoms with Crippen molar-refractivity contribution in [1.29, 1.82) is 0 Å². The average Bonchev–Trinajstić information content (AvgIpc) is 3.16. The second-order valence-electron chi connectivity index (χ2n) is 8.11. The lowest BCUT2D eigenvalue weighted by atomic mass is 10.1. The van der Waals surface area contributed by atoms with E-state index in [1.165, 1.54) is 30.3 Å². The quantitative estimate of drug-likeness (QED) is 0.176. The van der Waals surface area contributed by atoms with Crippen LogP contribution in [0.1, 0.15) is 26.3 Å². The molecule has 0 atom stereocenters. The lowest BCUT2D eigenvalue weighted by Gasteiger charge is -2.22. The van der Waals surface area contributed by atoms with Gasteiger partial charge in [-0.05, 0) is 56.8 Å². The summed E-state index contributed by atoms with van der Waals surface area (Å²) in [6.45, 7) is 6.25. The Balaban J connectivity index is 1.83. The van der Waals surface area contributed by atoms with Gasteiger partial charge in [-0.25, -0.2) is 0 Å². The van der Waals surface area contributed by atoms with Crippen LogP contribution in [0.2, 0.25) is 0 Å². The first-order valence-electron chi connectivity index (χ1n) is 12.1. The van der Waals surface area contributed by atoms with Crippen molar-refractivity contribution in [3.05, 3.63) is 63.0 Å². The fourth-order valence-corrected chi connectivity index (χ4v) is 4.53. The summed E-state index contributed by atoms with van der Waals surface area (Å²) in [5, 5.41) is 13.0. The molecule has 1 aliphatic rings. The number of rotatable bonds is 12. The second kappa shape index (κ2) is 13.4. The predicted molar refractivity (Wildman–Crippen MR) is 147 cm³/mol. The molecule has 2 aromatic rings. The normalized spacial score (nSPS) is 13.9. The van der Waals surface area contributed by atoms with E-state index in [2.05, 4.69) is 10.2 Å². The van der Waals surface area contributed by atoms with E-state index >= 15 is 0 Å².